The molecule has 0 aromatic heterocycles. The first-order chi connectivity index (χ1) is 10.2. The van der Waals surface area contributed by atoms with E-state index in [1.54, 1.807) is 4.90 Å². The van der Waals surface area contributed by atoms with Crippen molar-refractivity contribution in [2.24, 2.45) is 0 Å². The summed E-state index contributed by atoms with van der Waals surface area (Å²) in [6.07, 6.45) is 0. The second-order valence-electron chi connectivity index (χ2n) is 4.73. The van der Waals surface area contributed by atoms with E-state index >= 15 is 0 Å². The molecular weight excluding hydrogens is 274 g/mol. The Hall–Kier alpha value is -1.18. The highest BCUT2D eigenvalue weighted by molar-refractivity contribution is 6.34. The maximum atomic E-state index is 12.3. The molecule has 0 unspecified atom stereocenters. The zero-order valence-electron chi connectivity index (χ0n) is 13.1. The van der Waals surface area contributed by atoms with Crippen molar-refractivity contribution in [3.8, 4) is 0 Å². The summed E-state index contributed by atoms with van der Waals surface area (Å²) in [5.41, 5.74) is 0. The molecule has 1 rings (SSSR count). The Balaban J connectivity index is 2.52. The Morgan fingerprint density at radius 2 is 1.57 bits per heavy atom. The highest BCUT2D eigenvalue weighted by Crippen LogP contribution is 2.00. The fourth-order valence-electron chi connectivity index (χ4n) is 2.09. The number of nitrogens with one attached hydrogen (secondary N) is 1. The monoisotopic (exact) mass is 301 g/mol. The number of amides is 2. The number of hydrogen-bond acceptors (Lipinski definition) is 5. The lowest BCUT2D eigenvalue weighted by molar-refractivity contribution is -0.153. The molecule has 0 atom stereocenters. The first-order valence-corrected chi connectivity index (χ1v) is 7.65. The minimum atomic E-state index is -0.462. The number of hydrogen-bond donors (Lipinski definition) is 1. The predicted octanol–water partition coefficient (Wildman–Crippen LogP) is -0.680. The highest BCUT2D eigenvalue weighted by atomic mass is 16.5. The summed E-state index contributed by atoms with van der Waals surface area (Å²) in [4.78, 5) is 27.7. The van der Waals surface area contributed by atoms with Crippen LogP contribution in [0.3, 0.4) is 0 Å². The standard InChI is InChI=1S/C14H27N3O4/c1-3-20-11-9-17(10-12-21-4-2)14(19)13(18)16-7-5-15-6-8-16/h15H,3-12H2,1-2H3. The van der Waals surface area contributed by atoms with E-state index in [-0.39, 0.29) is 0 Å². The normalized spacial score (nSPS) is 15.0. The Morgan fingerprint density at radius 3 is 2.05 bits per heavy atom. The molecule has 1 heterocycles. The molecule has 0 bridgehead atoms. The smallest absolute Gasteiger partial charge is 0.312 e. The number of piperazine rings is 1. The summed E-state index contributed by atoms with van der Waals surface area (Å²) < 4.78 is 10.6. The summed E-state index contributed by atoms with van der Waals surface area (Å²) in [5, 5.41) is 3.16. The molecule has 1 N–H and O–H groups in total. The molecule has 0 saturated carbocycles. The molecule has 1 aliphatic rings. The average molecular weight is 301 g/mol. The minimum absolute atomic E-state index is 0.414. The van der Waals surface area contributed by atoms with Gasteiger partial charge in [0.05, 0.1) is 13.2 Å². The largest absolute Gasteiger partial charge is 0.380 e. The average Bonchev–Trinajstić information content (AvgIpc) is 2.53. The fraction of sp³-hybridized carbons (Fsp3) is 0.857. The molecule has 21 heavy (non-hydrogen) atoms. The third-order valence-electron chi connectivity index (χ3n) is 3.29. The molecule has 0 aromatic rings. The SMILES string of the molecule is CCOCCN(CCOCC)C(=O)C(=O)N1CCNCC1. The van der Waals surface area contributed by atoms with Gasteiger partial charge in [0.15, 0.2) is 0 Å². The van der Waals surface area contributed by atoms with E-state index in [0.29, 0.717) is 52.6 Å². The van der Waals surface area contributed by atoms with Crippen LogP contribution in [-0.4, -0.2) is 87.3 Å². The molecule has 1 aliphatic heterocycles. The predicted molar refractivity (Wildman–Crippen MR) is 79.0 cm³/mol. The second kappa shape index (κ2) is 10.5. The van der Waals surface area contributed by atoms with Crippen molar-refractivity contribution >= 4 is 11.8 Å². The second-order valence-corrected chi connectivity index (χ2v) is 4.73. The van der Waals surface area contributed by atoms with Crippen molar-refractivity contribution in [1.82, 2.24) is 15.1 Å². The van der Waals surface area contributed by atoms with Crippen LogP contribution in [0.25, 0.3) is 0 Å². The van der Waals surface area contributed by atoms with E-state index in [0.717, 1.165) is 13.1 Å². The van der Waals surface area contributed by atoms with Gasteiger partial charge in [-0.2, -0.15) is 0 Å². The molecule has 1 fully saturated rings. The van der Waals surface area contributed by atoms with Crippen molar-refractivity contribution in [3.63, 3.8) is 0 Å². The molecular formula is C14H27N3O4. The molecule has 0 radical (unpaired) electrons. The molecule has 1 saturated heterocycles. The molecule has 122 valence electrons. The minimum Gasteiger partial charge on any atom is -0.380 e. The topological polar surface area (TPSA) is 71.1 Å². The van der Waals surface area contributed by atoms with Gasteiger partial charge in [0.25, 0.3) is 0 Å². The fourth-order valence-corrected chi connectivity index (χ4v) is 2.09. The van der Waals surface area contributed by atoms with Crippen LogP contribution in [0.5, 0.6) is 0 Å². The molecule has 0 spiro atoms. The van der Waals surface area contributed by atoms with Gasteiger partial charge in [-0.05, 0) is 13.8 Å². The summed E-state index contributed by atoms with van der Waals surface area (Å²) >= 11 is 0. The third-order valence-corrected chi connectivity index (χ3v) is 3.29. The zero-order valence-corrected chi connectivity index (χ0v) is 13.1. The summed E-state index contributed by atoms with van der Waals surface area (Å²) in [6.45, 7) is 9.31. The molecule has 0 aliphatic carbocycles. The van der Waals surface area contributed by atoms with Gasteiger partial charge in [-0.25, -0.2) is 0 Å². The lowest BCUT2D eigenvalue weighted by atomic mass is 10.3. The van der Waals surface area contributed by atoms with Crippen molar-refractivity contribution in [1.29, 1.82) is 0 Å². The summed E-state index contributed by atoms with van der Waals surface area (Å²) in [6, 6.07) is 0. The van der Waals surface area contributed by atoms with Gasteiger partial charge in [-0.1, -0.05) is 0 Å². The molecule has 2 amide bonds. The quantitative estimate of drug-likeness (QED) is 0.475. The van der Waals surface area contributed by atoms with Crippen LogP contribution in [0.15, 0.2) is 0 Å². The maximum Gasteiger partial charge on any atom is 0.312 e. The van der Waals surface area contributed by atoms with Crippen LogP contribution in [0.2, 0.25) is 0 Å². The van der Waals surface area contributed by atoms with Crippen LogP contribution in [0, 0.1) is 0 Å². The van der Waals surface area contributed by atoms with E-state index in [1.165, 1.54) is 4.90 Å². The number of carbonyl (C=O) groups excluding carboxylic acids is 2. The van der Waals surface area contributed by atoms with Crippen LogP contribution in [-0.2, 0) is 19.1 Å². The van der Waals surface area contributed by atoms with E-state index < -0.39 is 11.8 Å². The van der Waals surface area contributed by atoms with E-state index in [4.69, 9.17) is 9.47 Å². The van der Waals surface area contributed by atoms with Gasteiger partial charge >= 0.3 is 11.8 Å². The number of carbonyl (C=O) groups is 2. The molecule has 7 nitrogen and oxygen atoms in total. The van der Waals surface area contributed by atoms with Gasteiger partial charge in [-0.3, -0.25) is 9.59 Å². The number of nitrogens with zero attached hydrogens (tertiary/aromatic N) is 2. The van der Waals surface area contributed by atoms with Crippen molar-refractivity contribution in [3.05, 3.63) is 0 Å². The summed E-state index contributed by atoms with van der Waals surface area (Å²) in [5.74, 6) is -0.888. The van der Waals surface area contributed by atoms with E-state index in [9.17, 15) is 9.59 Å². The Bertz CT molecular complexity index is 309. The Morgan fingerprint density at radius 1 is 1.05 bits per heavy atom. The van der Waals surface area contributed by atoms with E-state index in [1.807, 2.05) is 13.8 Å². The maximum absolute atomic E-state index is 12.3. The van der Waals surface area contributed by atoms with Gasteiger partial charge in [0.1, 0.15) is 0 Å². The Kier molecular flexibility index (Phi) is 8.96. The zero-order chi connectivity index (χ0) is 15.5. The van der Waals surface area contributed by atoms with Crippen LogP contribution in [0.4, 0.5) is 0 Å². The van der Waals surface area contributed by atoms with Crippen molar-refractivity contribution in [2.45, 2.75) is 13.8 Å². The van der Waals surface area contributed by atoms with Crippen molar-refractivity contribution < 1.29 is 19.1 Å². The van der Waals surface area contributed by atoms with Gasteiger partial charge in [0, 0.05) is 52.5 Å². The van der Waals surface area contributed by atoms with Crippen LogP contribution >= 0.6 is 0 Å². The first kappa shape index (κ1) is 17.9. The first-order valence-electron chi connectivity index (χ1n) is 7.65. The molecule has 0 aromatic carbocycles. The summed E-state index contributed by atoms with van der Waals surface area (Å²) in [7, 11) is 0. The van der Waals surface area contributed by atoms with Crippen LogP contribution < -0.4 is 5.32 Å². The van der Waals surface area contributed by atoms with Gasteiger partial charge in [-0.15, -0.1) is 0 Å². The van der Waals surface area contributed by atoms with Crippen molar-refractivity contribution in [2.75, 3.05) is 65.7 Å². The van der Waals surface area contributed by atoms with Gasteiger partial charge < -0.3 is 24.6 Å². The number of rotatable bonds is 8. The lowest BCUT2D eigenvalue weighted by Gasteiger charge is -2.29. The molecule has 7 heteroatoms. The Labute approximate surface area is 126 Å². The van der Waals surface area contributed by atoms with Crippen LogP contribution in [0.1, 0.15) is 13.8 Å². The lowest BCUT2D eigenvalue weighted by Crippen LogP contribution is -2.53. The highest BCUT2D eigenvalue weighted by Gasteiger charge is 2.27. The number of ether oxygens (including phenoxy) is 2. The third kappa shape index (κ3) is 6.41. The van der Waals surface area contributed by atoms with Gasteiger partial charge in [0.2, 0.25) is 0 Å². The van der Waals surface area contributed by atoms with E-state index in [2.05, 4.69) is 5.32 Å².